The van der Waals surface area contributed by atoms with Gasteiger partial charge in [-0.25, -0.2) is 9.97 Å². The highest BCUT2D eigenvalue weighted by Gasteiger charge is 2.35. The average Bonchev–Trinajstić information content (AvgIpc) is 2.53. The van der Waals surface area contributed by atoms with Gasteiger partial charge >= 0.3 is 0 Å². The zero-order valence-corrected chi connectivity index (χ0v) is 15.3. The topological polar surface area (TPSA) is 64.5 Å². The van der Waals surface area contributed by atoms with E-state index in [1.165, 1.54) is 12.4 Å². The van der Waals surface area contributed by atoms with Crippen molar-refractivity contribution in [3.63, 3.8) is 0 Å². The SMILES string of the molecule is CCOc1cnc(C(=O)N2CC(C)(C)Oc3cc(Br)ccc32)cn1. The lowest BCUT2D eigenvalue weighted by molar-refractivity contribution is 0.0832. The van der Waals surface area contributed by atoms with Gasteiger partial charge in [-0.1, -0.05) is 15.9 Å². The first-order valence-electron chi connectivity index (χ1n) is 7.65. The minimum absolute atomic E-state index is 0.217. The quantitative estimate of drug-likeness (QED) is 0.801. The molecule has 1 aromatic heterocycles. The third kappa shape index (κ3) is 3.36. The van der Waals surface area contributed by atoms with Crippen LogP contribution in [0.2, 0.25) is 0 Å². The zero-order chi connectivity index (χ0) is 17.3. The summed E-state index contributed by atoms with van der Waals surface area (Å²) in [5.41, 5.74) is 0.491. The summed E-state index contributed by atoms with van der Waals surface area (Å²) in [5.74, 6) is 0.846. The smallest absolute Gasteiger partial charge is 0.278 e. The summed E-state index contributed by atoms with van der Waals surface area (Å²) in [6, 6.07) is 5.60. The van der Waals surface area contributed by atoms with Crippen molar-refractivity contribution in [2.24, 2.45) is 0 Å². The molecule has 2 aromatic rings. The molecule has 0 fully saturated rings. The number of amides is 1. The normalized spacial score (nSPS) is 15.4. The van der Waals surface area contributed by atoms with E-state index in [2.05, 4.69) is 25.9 Å². The Bertz CT molecular complexity index is 762. The van der Waals surface area contributed by atoms with Crippen LogP contribution >= 0.6 is 15.9 Å². The van der Waals surface area contributed by atoms with Crippen LogP contribution in [-0.4, -0.2) is 34.6 Å². The van der Waals surface area contributed by atoms with Crippen LogP contribution in [0.5, 0.6) is 11.6 Å². The van der Waals surface area contributed by atoms with Crippen LogP contribution in [0.25, 0.3) is 0 Å². The van der Waals surface area contributed by atoms with Crippen molar-refractivity contribution in [2.75, 3.05) is 18.1 Å². The Kier molecular flexibility index (Phi) is 4.45. The molecule has 1 aliphatic heterocycles. The van der Waals surface area contributed by atoms with Crippen LogP contribution in [0.1, 0.15) is 31.3 Å². The average molecular weight is 392 g/mol. The van der Waals surface area contributed by atoms with Crippen LogP contribution in [-0.2, 0) is 0 Å². The number of anilines is 1. The molecule has 1 aromatic carbocycles. The van der Waals surface area contributed by atoms with Crippen LogP contribution < -0.4 is 14.4 Å². The molecule has 0 spiro atoms. The van der Waals surface area contributed by atoms with Gasteiger partial charge in [0.25, 0.3) is 5.91 Å². The minimum Gasteiger partial charge on any atom is -0.484 e. The molecule has 7 heteroatoms. The van der Waals surface area contributed by atoms with Gasteiger partial charge in [-0.2, -0.15) is 0 Å². The van der Waals surface area contributed by atoms with Gasteiger partial charge in [0.2, 0.25) is 5.88 Å². The Labute approximate surface area is 148 Å². The van der Waals surface area contributed by atoms with Crippen molar-refractivity contribution in [1.82, 2.24) is 9.97 Å². The maximum atomic E-state index is 12.9. The number of benzene rings is 1. The number of aromatic nitrogens is 2. The van der Waals surface area contributed by atoms with Gasteiger partial charge in [0, 0.05) is 4.47 Å². The number of carbonyl (C=O) groups is 1. The molecule has 0 aliphatic carbocycles. The molecule has 2 heterocycles. The first-order chi connectivity index (χ1) is 11.4. The lowest BCUT2D eigenvalue weighted by atomic mass is 10.0. The number of rotatable bonds is 3. The standard InChI is InChI=1S/C17H18BrN3O3/c1-4-23-15-9-19-12(8-20-15)16(22)21-10-17(2,3)24-14-7-11(18)5-6-13(14)21/h5-9H,4,10H2,1-3H3. The van der Waals surface area contributed by atoms with Gasteiger partial charge in [-0.15, -0.1) is 0 Å². The summed E-state index contributed by atoms with van der Waals surface area (Å²) in [6.45, 7) is 6.69. The molecular weight excluding hydrogens is 374 g/mol. The zero-order valence-electron chi connectivity index (χ0n) is 13.7. The fourth-order valence-electron chi connectivity index (χ4n) is 2.56. The highest BCUT2D eigenvalue weighted by atomic mass is 79.9. The summed E-state index contributed by atoms with van der Waals surface area (Å²) in [5, 5.41) is 0. The number of ether oxygens (including phenoxy) is 2. The summed E-state index contributed by atoms with van der Waals surface area (Å²) in [6.07, 6.45) is 2.90. The van der Waals surface area contributed by atoms with Gasteiger partial charge in [0.05, 0.1) is 31.2 Å². The molecule has 126 valence electrons. The summed E-state index contributed by atoms with van der Waals surface area (Å²) in [7, 11) is 0. The molecule has 0 atom stereocenters. The number of fused-ring (bicyclic) bond motifs is 1. The highest BCUT2D eigenvalue weighted by molar-refractivity contribution is 9.10. The van der Waals surface area contributed by atoms with Crippen molar-refractivity contribution < 1.29 is 14.3 Å². The van der Waals surface area contributed by atoms with E-state index in [1.807, 2.05) is 39.0 Å². The van der Waals surface area contributed by atoms with Crippen molar-refractivity contribution in [3.05, 3.63) is 40.8 Å². The molecule has 0 N–H and O–H groups in total. The minimum atomic E-state index is -0.498. The van der Waals surface area contributed by atoms with E-state index in [0.29, 0.717) is 24.8 Å². The molecule has 24 heavy (non-hydrogen) atoms. The van der Waals surface area contributed by atoms with Crippen molar-refractivity contribution in [3.8, 4) is 11.6 Å². The fourth-order valence-corrected chi connectivity index (χ4v) is 2.90. The van der Waals surface area contributed by atoms with E-state index in [0.717, 1.165) is 10.2 Å². The lowest BCUT2D eigenvalue weighted by Crippen LogP contribution is -2.49. The Hall–Kier alpha value is -2.15. The van der Waals surface area contributed by atoms with Crippen LogP contribution in [0, 0.1) is 0 Å². The van der Waals surface area contributed by atoms with Crippen molar-refractivity contribution in [1.29, 1.82) is 0 Å². The molecule has 6 nitrogen and oxygen atoms in total. The van der Waals surface area contributed by atoms with E-state index in [9.17, 15) is 4.79 Å². The first-order valence-corrected chi connectivity index (χ1v) is 8.44. The van der Waals surface area contributed by atoms with Gasteiger partial charge < -0.3 is 9.47 Å². The molecule has 0 bridgehead atoms. The summed E-state index contributed by atoms with van der Waals surface area (Å²) < 4.78 is 12.1. The highest BCUT2D eigenvalue weighted by Crippen LogP contribution is 2.39. The monoisotopic (exact) mass is 391 g/mol. The van der Waals surface area contributed by atoms with Gasteiger partial charge in [-0.3, -0.25) is 9.69 Å². The maximum Gasteiger partial charge on any atom is 0.278 e. The maximum absolute atomic E-state index is 12.9. The molecule has 3 rings (SSSR count). The fraction of sp³-hybridized carbons (Fsp3) is 0.353. The molecule has 0 saturated carbocycles. The summed E-state index contributed by atoms with van der Waals surface area (Å²) in [4.78, 5) is 22.9. The number of nitrogens with zero attached hydrogens (tertiary/aromatic N) is 3. The Balaban J connectivity index is 1.94. The predicted octanol–water partition coefficient (Wildman–Crippen LogP) is 3.46. The number of carbonyl (C=O) groups excluding carboxylic acids is 1. The van der Waals surface area contributed by atoms with Crippen molar-refractivity contribution in [2.45, 2.75) is 26.4 Å². The number of halogens is 1. The number of hydrogen-bond donors (Lipinski definition) is 0. The van der Waals surface area contributed by atoms with Crippen molar-refractivity contribution >= 4 is 27.5 Å². The Morgan fingerprint density at radius 3 is 2.83 bits per heavy atom. The van der Waals surface area contributed by atoms with E-state index < -0.39 is 5.60 Å². The van der Waals surface area contributed by atoms with E-state index in [4.69, 9.17) is 9.47 Å². The van der Waals surface area contributed by atoms with E-state index >= 15 is 0 Å². The van der Waals surface area contributed by atoms with E-state index in [1.54, 1.807) is 4.90 Å². The largest absolute Gasteiger partial charge is 0.484 e. The molecular formula is C17H18BrN3O3. The molecule has 0 unspecified atom stereocenters. The van der Waals surface area contributed by atoms with Gasteiger partial charge in [0.15, 0.2) is 0 Å². The second-order valence-electron chi connectivity index (χ2n) is 6.04. The van der Waals surface area contributed by atoms with Crippen LogP contribution in [0.15, 0.2) is 35.1 Å². The Morgan fingerprint density at radius 2 is 2.17 bits per heavy atom. The Morgan fingerprint density at radius 1 is 1.38 bits per heavy atom. The number of hydrogen-bond acceptors (Lipinski definition) is 5. The molecule has 1 aliphatic rings. The second kappa shape index (κ2) is 6.39. The third-order valence-electron chi connectivity index (χ3n) is 3.52. The lowest BCUT2D eigenvalue weighted by Gasteiger charge is -2.39. The molecule has 1 amide bonds. The van der Waals surface area contributed by atoms with Gasteiger partial charge in [-0.05, 0) is 39.0 Å². The first kappa shape index (κ1) is 16.7. The predicted molar refractivity (Wildman–Crippen MR) is 93.7 cm³/mol. The molecule has 0 saturated heterocycles. The third-order valence-corrected chi connectivity index (χ3v) is 4.02. The van der Waals surface area contributed by atoms with E-state index in [-0.39, 0.29) is 11.6 Å². The second-order valence-corrected chi connectivity index (χ2v) is 6.95. The molecule has 0 radical (unpaired) electrons. The van der Waals surface area contributed by atoms with Crippen LogP contribution in [0.4, 0.5) is 5.69 Å². The van der Waals surface area contributed by atoms with Crippen LogP contribution in [0.3, 0.4) is 0 Å². The van der Waals surface area contributed by atoms with Gasteiger partial charge in [0.1, 0.15) is 17.0 Å². The summed E-state index contributed by atoms with van der Waals surface area (Å²) >= 11 is 3.43.